The first kappa shape index (κ1) is 33.4. The van der Waals surface area contributed by atoms with Gasteiger partial charge >= 0.3 is 0 Å². The number of aromatic nitrogens is 6. The third-order valence-corrected chi connectivity index (χ3v) is 9.82. The van der Waals surface area contributed by atoms with Crippen molar-refractivity contribution in [3.63, 3.8) is 0 Å². The molecule has 0 saturated carbocycles. The summed E-state index contributed by atoms with van der Waals surface area (Å²) >= 11 is 0. The summed E-state index contributed by atoms with van der Waals surface area (Å²) in [5.41, 5.74) is 8.95. The van der Waals surface area contributed by atoms with E-state index in [1.807, 2.05) is 176 Å². The molecule has 57 heavy (non-hydrogen) atoms. The number of fused-ring (bicyclic) bond motifs is 3. The van der Waals surface area contributed by atoms with Crippen molar-refractivity contribution < 1.29 is 4.42 Å². The van der Waals surface area contributed by atoms with Crippen LogP contribution in [-0.2, 0) is 0 Å². The number of para-hydroxylation sites is 1. The topological polar surface area (TPSA) is 94.8 Å². The van der Waals surface area contributed by atoms with Crippen molar-refractivity contribution in [3.05, 3.63) is 187 Å². The molecule has 0 radical (unpaired) electrons. The lowest BCUT2D eigenvalue weighted by molar-refractivity contribution is 0.669. The van der Waals surface area contributed by atoms with E-state index in [2.05, 4.69) is 4.85 Å². The minimum Gasteiger partial charge on any atom is -0.455 e. The molecule has 266 valence electrons. The first-order chi connectivity index (χ1) is 28.2. The molecule has 0 aliphatic carbocycles. The number of hydrogen-bond acceptors (Lipinski definition) is 7. The quantitative estimate of drug-likeness (QED) is 0.151. The zero-order valence-corrected chi connectivity index (χ0v) is 30.3. The normalized spacial score (nSPS) is 11.1. The van der Waals surface area contributed by atoms with E-state index in [9.17, 15) is 0 Å². The van der Waals surface area contributed by atoms with E-state index in [4.69, 9.17) is 40.9 Å². The average Bonchev–Trinajstić information content (AvgIpc) is 3.69. The van der Waals surface area contributed by atoms with Crippen molar-refractivity contribution in [2.45, 2.75) is 0 Å². The van der Waals surface area contributed by atoms with Crippen LogP contribution >= 0.6 is 0 Å². The summed E-state index contributed by atoms with van der Waals surface area (Å²) in [6, 6.07) is 57.4. The van der Waals surface area contributed by atoms with Gasteiger partial charge in [-0.15, -0.1) is 0 Å². The van der Waals surface area contributed by atoms with Crippen LogP contribution in [-0.4, -0.2) is 29.9 Å². The highest BCUT2D eigenvalue weighted by Gasteiger charge is 2.21. The Kier molecular flexibility index (Phi) is 8.36. The number of nitrogens with zero attached hydrogens (tertiary/aromatic N) is 7. The lowest BCUT2D eigenvalue weighted by Gasteiger charge is -2.10. The summed E-state index contributed by atoms with van der Waals surface area (Å²) in [5, 5.41) is 1.76. The Morgan fingerprint density at radius 1 is 0.368 bits per heavy atom. The van der Waals surface area contributed by atoms with Crippen molar-refractivity contribution >= 4 is 27.6 Å². The minimum atomic E-state index is 0.506. The standard InChI is InChI=1S/C49H29N7O/c1-50-37-21-11-20-36(30-37)31-26-28-35(29-27-31)47-52-44(32-14-5-2-6-15-32)53-48(54-47)39-23-13-25-41-42(39)38-22-12-24-40(43(38)57-41)49-55-45(33-16-7-3-8-17-33)51-46(56-49)34-18-9-4-10-19-34/h2-30H. The maximum Gasteiger partial charge on any atom is 0.187 e. The number of hydrogen-bond donors (Lipinski definition) is 0. The highest BCUT2D eigenvalue weighted by molar-refractivity contribution is 6.14. The molecule has 10 rings (SSSR count). The van der Waals surface area contributed by atoms with Crippen molar-refractivity contribution in [3.8, 4) is 79.5 Å². The zero-order valence-electron chi connectivity index (χ0n) is 30.3. The SMILES string of the molecule is [C-]#[N+]c1cccc(-c2ccc(-c3nc(-c4ccccc4)nc(-c4cccc5oc6c(-c7nc(-c8ccccc8)nc(-c8ccccc8)n7)cccc6c45)n3)cc2)c1. The fraction of sp³-hybridized carbons (Fsp3) is 0. The molecule has 0 amide bonds. The first-order valence-corrected chi connectivity index (χ1v) is 18.4. The van der Waals surface area contributed by atoms with Crippen LogP contribution in [0.3, 0.4) is 0 Å². The van der Waals surface area contributed by atoms with Gasteiger partial charge in [-0.2, -0.15) is 0 Å². The first-order valence-electron chi connectivity index (χ1n) is 18.4. The van der Waals surface area contributed by atoms with E-state index < -0.39 is 0 Å². The van der Waals surface area contributed by atoms with Gasteiger partial charge < -0.3 is 4.42 Å². The molecule has 10 aromatic rings. The molecular weight excluding hydrogens is 703 g/mol. The molecule has 0 unspecified atom stereocenters. The summed E-state index contributed by atoms with van der Waals surface area (Å²) in [6.45, 7) is 7.43. The van der Waals surface area contributed by atoms with Crippen molar-refractivity contribution in [2.75, 3.05) is 0 Å². The zero-order chi connectivity index (χ0) is 38.1. The van der Waals surface area contributed by atoms with Crippen molar-refractivity contribution in [2.24, 2.45) is 0 Å². The van der Waals surface area contributed by atoms with Gasteiger partial charge in [0.15, 0.2) is 40.6 Å². The summed E-state index contributed by atoms with van der Waals surface area (Å²) in [4.78, 5) is 33.6. The summed E-state index contributed by atoms with van der Waals surface area (Å²) in [6.07, 6.45) is 0. The molecule has 0 N–H and O–H groups in total. The van der Waals surface area contributed by atoms with Gasteiger partial charge in [0.05, 0.1) is 12.1 Å². The second kappa shape index (κ2) is 14.3. The second-order valence-corrected chi connectivity index (χ2v) is 13.4. The average molecular weight is 732 g/mol. The van der Waals surface area contributed by atoms with Crippen LogP contribution < -0.4 is 0 Å². The van der Waals surface area contributed by atoms with Crippen LogP contribution in [0.15, 0.2) is 180 Å². The third kappa shape index (κ3) is 6.35. The van der Waals surface area contributed by atoms with Gasteiger partial charge in [0, 0.05) is 38.6 Å². The Morgan fingerprint density at radius 3 is 1.37 bits per heavy atom. The predicted molar refractivity (Wildman–Crippen MR) is 225 cm³/mol. The number of rotatable bonds is 7. The Morgan fingerprint density at radius 2 is 0.807 bits per heavy atom. The van der Waals surface area contributed by atoms with E-state index in [0.29, 0.717) is 51.8 Å². The second-order valence-electron chi connectivity index (χ2n) is 13.4. The van der Waals surface area contributed by atoms with Gasteiger partial charge in [-0.05, 0) is 29.3 Å². The molecule has 0 aliphatic rings. The van der Waals surface area contributed by atoms with E-state index in [0.717, 1.165) is 55.3 Å². The van der Waals surface area contributed by atoms with Gasteiger partial charge in [0.1, 0.15) is 11.2 Å². The summed E-state index contributed by atoms with van der Waals surface area (Å²) in [7, 11) is 0. The van der Waals surface area contributed by atoms with E-state index in [1.54, 1.807) is 0 Å². The molecule has 0 spiro atoms. The Hall–Kier alpha value is -8.15. The van der Waals surface area contributed by atoms with Gasteiger partial charge in [0.25, 0.3) is 0 Å². The molecule has 8 nitrogen and oxygen atoms in total. The molecule has 0 bridgehead atoms. The molecule has 0 aliphatic heterocycles. The van der Waals surface area contributed by atoms with Gasteiger partial charge in [0.2, 0.25) is 0 Å². The van der Waals surface area contributed by atoms with Crippen molar-refractivity contribution in [1.82, 2.24) is 29.9 Å². The smallest absolute Gasteiger partial charge is 0.187 e. The molecule has 3 heterocycles. The van der Waals surface area contributed by atoms with Crippen LogP contribution in [0.2, 0.25) is 0 Å². The highest BCUT2D eigenvalue weighted by Crippen LogP contribution is 2.40. The van der Waals surface area contributed by atoms with Crippen LogP contribution in [0.4, 0.5) is 5.69 Å². The molecule has 8 heteroatoms. The number of benzene rings is 7. The van der Waals surface area contributed by atoms with E-state index in [-0.39, 0.29) is 0 Å². The Labute approximate surface area is 327 Å². The van der Waals surface area contributed by atoms with E-state index >= 15 is 0 Å². The largest absolute Gasteiger partial charge is 0.455 e. The van der Waals surface area contributed by atoms with Gasteiger partial charge in [-0.3, -0.25) is 0 Å². The highest BCUT2D eigenvalue weighted by atomic mass is 16.3. The minimum absolute atomic E-state index is 0.506. The molecule has 0 saturated heterocycles. The van der Waals surface area contributed by atoms with Crippen LogP contribution in [0.5, 0.6) is 0 Å². The molecule has 3 aromatic heterocycles. The fourth-order valence-electron chi connectivity index (χ4n) is 7.05. The maximum atomic E-state index is 7.43. The molecular formula is C49H29N7O. The monoisotopic (exact) mass is 731 g/mol. The lowest BCUT2D eigenvalue weighted by Crippen LogP contribution is -2.00. The number of furan rings is 1. The van der Waals surface area contributed by atoms with E-state index in [1.165, 1.54) is 0 Å². The lowest BCUT2D eigenvalue weighted by atomic mass is 10.0. The summed E-state index contributed by atoms with van der Waals surface area (Å²) in [5.74, 6) is 3.27. The third-order valence-electron chi connectivity index (χ3n) is 9.82. The molecule has 0 atom stereocenters. The Bertz CT molecular complexity index is 3060. The maximum absolute atomic E-state index is 7.43. The van der Waals surface area contributed by atoms with Gasteiger partial charge in [-0.25, -0.2) is 34.7 Å². The Balaban J connectivity index is 1.13. The fourth-order valence-corrected chi connectivity index (χ4v) is 7.05. The van der Waals surface area contributed by atoms with Crippen LogP contribution in [0, 0.1) is 6.57 Å². The molecule has 0 fully saturated rings. The van der Waals surface area contributed by atoms with Crippen LogP contribution in [0.1, 0.15) is 0 Å². The van der Waals surface area contributed by atoms with Crippen molar-refractivity contribution in [1.29, 1.82) is 0 Å². The predicted octanol–water partition coefficient (Wildman–Crippen LogP) is 12.2. The van der Waals surface area contributed by atoms with Crippen LogP contribution in [0.25, 0.3) is 106 Å². The molecule has 7 aromatic carbocycles. The summed E-state index contributed by atoms with van der Waals surface area (Å²) < 4.78 is 6.70. The van der Waals surface area contributed by atoms with Gasteiger partial charge in [-0.1, -0.05) is 158 Å².